The SMILES string of the molecule is C=CCNC(=O)COC(=O)c1cc(C(F)(F)F)cc(C(F)(F)F)c1. The first-order valence-electron chi connectivity index (χ1n) is 6.29. The van der Waals surface area contributed by atoms with Gasteiger partial charge in [0.1, 0.15) is 0 Å². The van der Waals surface area contributed by atoms with Crippen LogP contribution in [0.3, 0.4) is 0 Å². The summed E-state index contributed by atoms with van der Waals surface area (Å²) < 4.78 is 80.4. The summed E-state index contributed by atoms with van der Waals surface area (Å²) in [6.07, 6.45) is -8.85. The number of benzene rings is 1. The molecule has 0 fully saturated rings. The number of carbonyl (C=O) groups is 2. The van der Waals surface area contributed by atoms with Crippen molar-refractivity contribution in [1.82, 2.24) is 5.32 Å². The summed E-state index contributed by atoms with van der Waals surface area (Å²) in [5, 5.41) is 2.22. The Balaban J connectivity index is 3.03. The molecule has 1 amide bonds. The fourth-order valence-corrected chi connectivity index (χ4v) is 1.52. The first kappa shape index (κ1) is 19.5. The molecule has 0 saturated heterocycles. The first-order chi connectivity index (χ1) is 10.9. The number of amides is 1. The van der Waals surface area contributed by atoms with Crippen molar-refractivity contribution in [1.29, 1.82) is 0 Å². The van der Waals surface area contributed by atoms with Crippen LogP contribution in [0.2, 0.25) is 0 Å². The maximum Gasteiger partial charge on any atom is 0.416 e. The Morgan fingerprint density at radius 2 is 1.54 bits per heavy atom. The van der Waals surface area contributed by atoms with Crippen LogP contribution in [-0.2, 0) is 21.9 Å². The summed E-state index contributed by atoms with van der Waals surface area (Å²) >= 11 is 0. The molecule has 0 radical (unpaired) electrons. The lowest BCUT2D eigenvalue weighted by Gasteiger charge is -2.13. The molecule has 0 saturated carbocycles. The molecule has 0 spiro atoms. The van der Waals surface area contributed by atoms with E-state index in [1.165, 1.54) is 6.08 Å². The molecule has 0 heterocycles. The maximum absolute atomic E-state index is 12.7. The molecule has 1 N–H and O–H groups in total. The van der Waals surface area contributed by atoms with Crippen LogP contribution >= 0.6 is 0 Å². The zero-order valence-corrected chi connectivity index (χ0v) is 11.9. The molecule has 1 rings (SSSR count). The van der Waals surface area contributed by atoms with Crippen LogP contribution in [0.4, 0.5) is 26.3 Å². The van der Waals surface area contributed by atoms with E-state index in [1.54, 1.807) is 0 Å². The number of ether oxygens (including phenoxy) is 1. The van der Waals surface area contributed by atoms with Crippen LogP contribution in [0, 0.1) is 0 Å². The van der Waals surface area contributed by atoms with Crippen LogP contribution in [0.15, 0.2) is 30.9 Å². The molecular weight excluding hydrogens is 344 g/mol. The van der Waals surface area contributed by atoms with Crippen LogP contribution in [0.5, 0.6) is 0 Å². The largest absolute Gasteiger partial charge is 0.452 e. The van der Waals surface area contributed by atoms with E-state index in [2.05, 4.69) is 16.6 Å². The molecule has 0 aromatic heterocycles. The minimum absolute atomic E-state index is 0.0537. The lowest BCUT2D eigenvalue weighted by Crippen LogP contribution is -2.28. The smallest absolute Gasteiger partial charge is 0.416 e. The monoisotopic (exact) mass is 355 g/mol. The van der Waals surface area contributed by atoms with E-state index >= 15 is 0 Å². The fraction of sp³-hybridized carbons (Fsp3) is 0.286. The molecule has 4 nitrogen and oxygen atoms in total. The minimum atomic E-state index is -5.09. The average molecular weight is 355 g/mol. The van der Waals surface area contributed by atoms with Crippen molar-refractivity contribution in [3.8, 4) is 0 Å². The number of rotatable bonds is 5. The number of carbonyl (C=O) groups excluding carboxylic acids is 2. The molecule has 1 aromatic carbocycles. The third kappa shape index (κ3) is 5.60. The van der Waals surface area contributed by atoms with Crippen molar-refractivity contribution in [2.75, 3.05) is 13.2 Å². The van der Waals surface area contributed by atoms with Gasteiger partial charge in [0, 0.05) is 6.54 Å². The molecule has 0 aliphatic carbocycles. The van der Waals surface area contributed by atoms with Crippen LogP contribution in [-0.4, -0.2) is 25.0 Å². The van der Waals surface area contributed by atoms with Gasteiger partial charge >= 0.3 is 18.3 Å². The topological polar surface area (TPSA) is 55.4 Å². The molecule has 1 aromatic rings. The molecule has 10 heteroatoms. The fourth-order valence-electron chi connectivity index (χ4n) is 1.52. The van der Waals surface area contributed by atoms with E-state index in [1.807, 2.05) is 0 Å². The van der Waals surface area contributed by atoms with Gasteiger partial charge in [0.15, 0.2) is 6.61 Å². The molecule has 0 bridgehead atoms. The second-order valence-corrected chi connectivity index (χ2v) is 4.46. The van der Waals surface area contributed by atoms with Crippen LogP contribution in [0.25, 0.3) is 0 Å². The lowest BCUT2D eigenvalue weighted by atomic mass is 10.0. The summed E-state index contributed by atoms with van der Waals surface area (Å²) in [4.78, 5) is 22.8. The summed E-state index contributed by atoms with van der Waals surface area (Å²) in [6, 6.07) is 0.325. The van der Waals surface area contributed by atoms with Gasteiger partial charge in [0.05, 0.1) is 16.7 Å². The molecular formula is C14H11F6NO3. The molecule has 0 aliphatic rings. The van der Waals surface area contributed by atoms with Gasteiger partial charge in [-0.1, -0.05) is 6.08 Å². The standard InChI is InChI=1S/C14H11F6NO3/c1-2-3-21-11(22)7-24-12(23)8-4-9(13(15,16)17)6-10(5-8)14(18,19)20/h2,4-6H,1,3,7H2,(H,21,22). The third-order valence-electron chi connectivity index (χ3n) is 2.60. The second kappa shape index (κ2) is 7.37. The highest BCUT2D eigenvalue weighted by molar-refractivity contribution is 5.91. The maximum atomic E-state index is 12.7. The van der Waals surface area contributed by atoms with Crippen molar-refractivity contribution in [2.45, 2.75) is 12.4 Å². The Kier molecular flexibility index (Phi) is 5.99. The number of hydrogen-bond acceptors (Lipinski definition) is 3. The quantitative estimate of drug-likeness (QED) is 0.501. The highest BCUT2D eigenvalue weighted by Gasteiger charge is 2.37. The van der Waals surface area contributed by atoms with Crippen molar-refractivity contribution in [3.05, 3.63) is 47.5 Å². The van der Waals surface area contributed by atoms with Gasteiger partial charge < -0.3 is 10.1 Å². The van der Waals surface area contributed by atoms with Gasteiger partial charge in [0.2, 0.25) is 0 Å². The number of nitrogens with one attached hydrogen (secondary N) is 1. The minimum Gasteiger partial charge on any atom is -0.452 e. The van der Waals surface area contributed by atoms with E-state index in [9.17, 15) is 35.9 Å². The first-order valence-corrected chi connectivity index (χ1v) is 6.29. The summed E-state index contributed by atoms with van der Waals surface area (Å²) in [6.45, 7) is 2.50. The van der Waals surface area contributed by atoms with Gasteiger partial charge in [-0.15, -0.1) is 6.58 Å². The molecule has 132 valence electrons. The number of hydrogen-bond donors (Lipinski definition) is 1. The van der Waals surface area contributed by atoms with Gasteiger partial charge in [-0.3, -0.25) is 4.79 Å². The molecule has 0 atom stereocenters. The Morgan fingerprint density at radius 3 is 1.96 bits per heavy atom. The number of halogens is 6. The highest BCUT2D eigenvalue weighted by Crippen LogP contribution is 2.36. The molecule has 24 heavy (non-hydrogen) atoms. The Labute approximate surface area is 132 Å². The van der Waals surface area contributed by atoms with E-state index in [0.717, 1.165) is 0 Å². The molecule has 0 unspecified atom stereocenters. The van der Waals surface area contributed by atoms with Gasteiger partial charge in [-0.2, -0.15) is 26.3 Å². The van der Waals surface area contributed by atoms with E-state index < -0.39 is 47.5 Å². The lowest BCUT2D eigenvalue weighted by molar-refractivity contribution is -0.143. The molecule has 0 aliphatic heterocycles. The zero-order valence-electron chi connectivity index (χ0n) is 11.9. The van der Waals surface area contributed by atoms with Crippen molar-refractivity contribution >= 4 is 11.9 Å². The van der Waals surface area contributed by atoms with Crippen molar-refractivity contribution < 1.29 is 40.7 Å². The number of alkyl halides is 6. The third-order valence-corrected chi connectivity index (χ3v) is 2.60. The average Bonchev–Trinajstić information content (AvgIpc) is 2.48. The predicted molar refractivity (Wildman–Crippen MR) is 69.9 cm³/mol. The van der Waals surface area contributed by atoms with Gasteiger partial charge in [-0.05, 0) is 18.2 Å². The summed E-state index contributed by atoms with van der Waals surface area (Å²) in [7, 11) is 0. The second-order valence-electron chi connectivity index (χ2n) is 4.46. The predicted octanol–water partition coefficient (Wildman–Crippen LogP) is 3.18. The zero-order chi connectivity index (χ0) is 18.5. The van der Waals surface area contributed by atoms with Crippen molar-refractivity contribution in [2.24, 2.45) is 0 Å². The van der Waals surface area contributed by atoms with Gasteiger partial charge in [0.25, 0.3) is 5.91 Å². The number of esters is 1. The van der Waals surface area contributed by atoms with Crippen LogP contribution in [0.1, 0.15) is 21.5 Å². The summed E-state index contributed by atoms with van der Waals surface area (Å²) in [5.41, 5.74) is -4.27. The Morgan fingerprint density at radius 1 is 1.04 bits per heavy atom. The normalized spacial score (nSPS) is 11.8. The summed E-state index contributed by atoms with van der Waals surface area (Å²) in [5.74, 6) is -2.27. The van der Waals surface area contributed by atoms with E-state index in [-0.39, 0.29) is 24.7 Å². The Hall–Kier alpha value is -2.52. The van der Waals surface area contributed by atoms with Crippen LogP contribution < -0.4 is 5.32 Å². The van der Waals surface area contributed by atoms with Crippen molar-refractivity contribution in [3.63, 3.8) is 0 Å². The van der Waals surface area contributed by atoms with E-state index in [0.29, 0.717) is 0 Å². The highest BCUT2D eigenvalue weighted by atomic mass is 19.4. The van der Waals surface area contributed by atoms with E-state index in [4.69, 9.17) is 0 Å². The Bertz CT molecular complexity index is 604. The van der Waals surface area contributed by atoms with Gasteiger partial charge in [-0.25, -0.2) is 4.79 Å².